The molecule has 0 radical (unpaired) electrons. The van der Waals surface area contributed by atoms with Crippen molar-refractivity contribution >= 4 is 11.0 Å². The summed E-state index contributed by atoms with van der Waals surface area (Å²) in [7, 11) is -1.20. The van der Waals surface area contributed by atoms with E-state index in [0.717, 1.165) is 0 Å². The molecule has 1 N–H and O–H groups in total. The molecule has 1 rings (SSSR count). The van der Waals surface area contributed by atoms with E-state index in [2.05, 4.69) is 4.98 Å². The van der Waals surface area contributed by atoms with Crippen LogP contribution in [0.4, 0.5) is 8.78 Å². The first kappa shape index (κ1) is 13.7. The Hall–Kier alpha value is -1.39. The lowest BCUT2D eigenvalue weighted by Crippen LogP contribution is -2.15. The molecule has 0 saturated carbocycles. The lowest BCUT2D eigenvalue weighted by molar-refractivity contribution is -0.463. The molecule has 0 fully saturated rings. The number of nitrogens with zero attached hydrogens (tertiary/aromatic N) is 3. The van der Waals surface area contributed by atoms with Gasteiger partial charge in [-0.05, 0) is 13.0 Å². The van der Waals surface area contributed by atoms with E-state index in [0.29, 0.717) is 5.56 Å². The standard InChI is InChI=1S/C10H11F2N3OS/c1-7(15(6-13)17(2)16)8-3-4-9(10(11)12)14-5-8/h3-5,7,10H,1-2H3/p+1. The molecule has 4 nitrogen and oxygen atoms in total. The van der Waals surface area contributed by atoms with Gasteiger partial charge in [-0.25, -0.2) is 8.78 Å². The fourth-order valence-electron chi connectivity index (χ4n) is 1.30. The predicted molar refractivity (Wildman–Crippen MR) is 59.4 cm³/mol. The fourth-order valence-corrected chi connectivity index (χ4v) is 2.00. The summed E-state index contributed by atoms with van der Waals surface area (Å²) < 4.78 is 35.1. The quantitative estimate of drug-likeness (QED) is 0.516. The summed E-state index contributed by atoms with van der Waals surface area (Å²) in [4.78, 5) is 3.61. The number of hydrogen-bond donors (Lipinski definition) is 1. The fraction of sp³-hybridized carbons (Fsp3) is 0.400. The van der Waals surface area contributed by atoms with E-state index < -0.39 is 23.4 Å². The number of alkyl halides is 2. The van der Waals surface area contributed by atoms with E-state index in [9.17, 15) is 13.3 Å². The van der Waals surface area contributed by atoms with Crippen LogP contribution >= 0.6 is 0 Å². The Kier molecular flexibility index (Phi) is 4.66. The van der Waals surface area contributed by atoms with Crippen molar-refractivity contribution < 1.29 is 17.3 Å². The molecule has 0 spiro atoms. The van der Waals surface area contributed by atoms with Crippen molar-refractivity contribution in [3.63, 3.8) is 0 Å². The number of hydrogen-bond acceptors (Lipinski definition) is 2. The van der Waals surface area contributed by atoms with E-state index >= 15 is 0 Å². The summed E-state index contributed by atoms with van der Waals surface area (Å²) in [6, 6.07) is 2.30. The van der Waals surface area contributed by atoms with Gasteiger partial charge in [-0.15, -0.1) is 3.95 Å². The summed E-state index contributed by atoms with van der Waals surface area (Å²) in [5.41, 5.74) is 0.299. The van der Waals surface area contributed by atoms with E-state index in [1.54, 1.807) is 6.92 Å². The Morgan fingerprint density at radius 1 is 1.53 bits per heavy atom. The van der Waals surface area contributed by atoms with Crippen molar-refractivity contribution in [3.8, 4) is 6.19 Å². The van der Waals surface area contributed by atoms with Gasteiger partial charge < -0.3 is 4.55 Å². The Morgan fingerprint density at radius 3 is 2.53 bits per heavy atom. The lowest BCUT2D eigenvalue weighted by atomic mass is 10.1. The molecule has 0 aliphatic carbocycles. The van der Waals surface area contributed by atoms with Gasteiger partial charge in [0.2, 0.25) is 0 Å². The average molecular weight is 260 g/mol. The molecule has 0 aliphatic rings. The molecule has 92 valence electrons. The van der Waals surface area contributed by atoms with Gasteiger partial charge in [-0.3, -0.25) is 4.98 Å². The minimum Gasteiger partial charge on any atom is -0.306 e. The minimum atomic E-state index is -2.61. The largest absolute Gasteiger partial charge is 0.468 e. The van der Waals surface area contributed by atoms with Crippen LogP contribution in [0.15, 0.2) is 18.3 Å². The Balaban J connectivity index is 3.03. The third-order valence-electron chi connectivity index (χ3n) is 2.25. The first-order valence-corrected chi connectivity index (χ1v) is 6.30. The zero-order valence-electron chi connectivity index (χ0n) is 9.34. The summed E-state index contributed by atoms with van der Waals surface area (Å²) in [5.74, 6) is 0. The van der Waals surface area contributed by atoms with Gasteiger partial charge in [0.1, 0.15) is 22.7 Å². The normalized spacial score (nSPS) is 15.2. The molecule has 0 aliphatic heterocycles. The molecular weight excluding hydrogens is 248 g/mol. The molecule has 0 saturated heterocycles. The highest BCUT2D eigenvalue weighted by atomic mass is 32.2. The van der Waals surface area contributed by atoms with Crippen molar-refractivity contribution in [2.24, 2.45) is 0 Å². The van der Waals surface area contributed by atoms with E-state index in [1.807, 2.05) is 6.19 Å². The Bertz CT molecular complexity index is 463. The smallest absolute Gasteiger partial charge is 0.306 e. The van der Waals surface area contributed by atoms with Crippen molar-refractivity contribution in [1.82, 2.24) is 4.98 Å². The van der Waals surface area contributed by atoms with Crippen LogP contribution in [0.1, 0.15) is 30.6 Å². The molecule has 0 aromatic carbocycles. The van der Waals surface area contributed by atoms with Crippen molar-refractivity contribution in [3.05, 3.63) is 29.6 Å². The number of halogens is 2. The SMILES string of the molecule is CC(c1ccc(C(F)F)nc1)[N+](C#N)=S(C)O. The van der Waals surface area contributed by atoms with Crippen LogP contribution in [0.3, 0.4) is 0 Å². The van der Waals surface area contributed by atoms with Crippen LogP contribution in [0.25, 0.3) is 0 Å². The first-order chi connectivity index (χ1) is 7.97. The monoisotopic (exact) mass is 260 g/mol. The van der Waals surface area contributed by atoms with Crippen LogP contribution < -0.4 is 0 Å². The molecule has 0 amide bonds. The first-order valence-electron chi connectivity index (χ1n) is 4.75. The second-order valence-electron chi connectivity index (χ2n) is 3.37. The maximum Gasteiger partial charge on any atom is 0.468 e. The molecule has 1 aromatic heterocycles. The highest BCUT2D eigenvalue weighted by Crippen LogP contribution is 2.20. The third-order valence-corrected chi connectivity index (χ3v) is 3.22. The summed E-state index contributed by atoms with van der Waals surface area (Å²) in [5, 5.41) is 8.85. The van der Waals surface area contributed by atoms with Crippen LogP contribution in [0.2, 0.25) is 0 Å². The van der Waals surface area contributed by atoms with Crippen LogP contribution in [-0.2, 0) is 11.0 Å². The summed E-state index contributed by atoms with van der Waals surface area (Å²) >= 11 is 0. The minimum absolute atomic E-state index is 0.302. The zero-order chi connectivity index (χ0) is 13.0. The zero-order valence-corrected chi connectivity index (χ0v) is 10.2. The van der Waals surface area contributed by atoms with Gasteiger partial charge >= 0.3 is 6.19 Å². The van der Waals surface area contributed by atoms with Gasteiger partial charge in [-0.2, -0.15) is 0 Å². The molecular formula is C10H12F2N3OS+. The predicted octanol–water partition coefficient (Wildman–Crippen LogP) is 2.48. The molecule has 0 bridgehead atoms. The van der Waals surface area contributed by atoms with Crippen LogP contribution in [0.5, 0.6) is 0 Å². The van der Waals surface area contributed by atoms with Crippen LogP contribution in [-0.4, -0.2) is 19.7 Å². The van der Waals surface area contributed by atoms with Gasteiger partial charge in [0.25, 0.3) is 6.43 Å². The molecule has 1 heterocycles. The van der Waals surface area contributed by atoms with Crippen molar-refractivity contribution in [2.45, 2.75) is 19.4 Å². The average Bonchev–Trinajstić information content (AvgIpc) is 2.29. The molecule has 7 heteroatoms. The van der Waals surface area contributed by atoms with E-state index in [-0.39, 0.29) is 5.69 Å². The molecule has 1 aromatic rings. The maximum absolute atomic E-state index is 12.3. The van der Waals surface area contributed by atoms with Gasteiger partial charge in [0, 0.05) is 18.0 Å². The highest BCUT2D eigenvalue weighted by Gasteiger charge is 2.18. The van der Waals surface area contributed by atoms with Gasteiger partial charge in [0.05, 0.1) is 0 Å². The van der Waals surface area contributed by atoms with Crippen LogP contribution in [0, 0.1) is 11.5 Å². The second kappa shape index (κ2) is 5.80. The number of aromatic nitrogens is 1. The lowest BCUT2D eigenvalue weighted by Gasteiger charge is -2.09. The Morgan fingerprint density at radius 2 is 2.18 bits per heavy atom. The highest BCUT2D eigenvalue weighted by molar-refractivity contribution is 7.78. The molecule has 2 unspecified atom stereocenters. The third kappa shape index (κ3) is 3.28. The van der Waals surface area contributed by atoms with Crippen molar-refractivity contribution in [2.75, 3.05) is 6.26 Å². The van der Waals surface area contributed by atoms with Crippen molar-refractivity contribution in [1.29, 1.82) is 5.26 Å². The molecule has 17 heavy (non-hydrogen) atoms. The number of pyridine rings is 1. The number of nitriles is 1. The van der Waals surface area contributed by atoms with E-state index in [4.69, 9.17) is 5.26 Å². The Labute approximate surface area is 100 Å². The maximum atomic E-state index is 12.3. The van der Waals surface area contributed by atoms with Gasteiger partial charge in [-0.1, -0.05) is 6.07 Å². The summed E-state index contributed by atoms with van der Waals surface area (Å²) in [6.45, 7) is 1.70. The second-order valence-corrected chi connectivity index (χ2v) is 4.65. The topological polar surface area (TPSA) is 59.9 Å². The summed E-state index contributed by atoms with van der Waals surface area (Å²) in [6.07, 6.45) is 2.03. The number of rotatable bonds is 3. The van der Waals surface area contributed by atoms with E-state index in [1.165, 1.54) is 28.5 Å². The van der Waals surface area contributed by atoms with Gasteiger partial charge in [0.15, 0.2) is 5.26 Å². The molecule has 2 atom stereocenters.